The van der Waals surface area contributed by atoms with Crippen molar-refractivity contribution in [2.45, 2.75) is 64.7 Å². The van der Waals surface area contributed by atoms with Gasteiger partial charge in [0.05, 0.1) is 16.1 Å². The number of benzene rings is 1. The van der Waals surface area contributed by atoms with E-state index >= 15 is 0 Å². The average molecular weight is 394 g/mol. The first kappa shape index (κ1) is 19.1. The van der Waals surface area contributed by atoms with Crippen LogP contribution in [0.3, 0.4) is 0 Å². The molecule has 1 aliphatic carbocycles. The zero-order valence-electron chi connectivity index (χ0n) is 16.6. The zero-order valence-corrected chi connectivity index (χ0v) is 17.4. The SMILES string of the molecule is CCCC(C(=O)O)c1c(C)nc2c3c(sc2c1Cc1ccccc1)CCCC3. The molecule has 3 nitrogen and oxygen atoms in total. The Balaban J connectivity index is 1.97. The van der Waals surface area contributed by atoms with Gasteiger partial charge in [0.2, 0.25) is 0 Å². The fourth-order valence-electron chi connectivity index (χ4n) is 4.56. The molecule has 0 saturated carbocycles. The van der Waals surface area contributed by atoms with Crippen LogP contribution in [0.1, 0.15) is 71.3 Å². The molecule has 28 heavy (non-hydrogen) atoms. The number of thiophene rings is 1. The molecule has 1 atom stereocenters. The molecule has 0 spiro atoms. The van der Waals surface area contributed by atoms with Crippen LogP contribution in [0.4, 0.5) is 0 Å². The summed E-state index contributed by atoms with van der Waals surface area (Å²) in [4.78, 5) is 18.6. The van der Waals surface area contributed by atoms with Gasteiger partial charge in [0.15, 0.2) is 0 Å². The normalized spacial score (nSPS) is 14.8. The Labute approximate surface area is 170 Å². The smallest absolute Gasteiger partial charge is 0.311 e. The Hall–Kier alpha value is -2.20. The molecule has 4 heteroatoms. The molecule has 146 valence electrons. The third-order valence-corrected chi connectivity index (χ3v) is 7.20. The molecule has 0 bridgehead atoms. The van der Waals surface area contributed by atoms with Crippen LogP contribution in [0.2, 0.25) is 0 Å². The van der Waals surface area contributed by atoms with E-state index in [1.165, 1.54) is 39.1 Å². The van der Waals surface area contributed by atoms with E-state index < -0.39 is 11.9 Å². The van der Waals surface area contributed by atoms with Crippen molar-refractivity contribution in [3.05, 3.63) is 63.2 Å². The number of aromatic nitrogens is 1. The molecule has 0 amide bonds. The van der Waals surface area contributed by atoms with Gasteiger partial charge in [-0.25, -0.2) is 0 Å². The van der Waals surface area contributed by atoms with Gasteiger partial charge in [-0.05, 0) is 67.7 Å². The molecule has 0 fully saturated rings. The van der Waals surface area contributed by atoms with E-state index in [2.05, 4.69) is 31.2 Å². The summed E-state index contributed by atoms with van der Waals surface area (Å²) in [5.41, 5.74) is 6.80. The lowest BCUT2D eigenvalue weighted by molar-refractivity contribution is -0.139. The molecular weight excluding hydrogens is 366 g/mol. The minimum atomic E-state index is -0.735. The van der Waals surface area contributed by atoms with Crippen LogP contribution in [-0.4, -0.2) is 16.1 Å². The van der Waals surface area contributed by atoms with Crippen LogP contribution >= 0.6 is 11.3 Å². The van der Waals surface area contributed by atoms with Crippen molar-refractivity contribution in [2.24, 2.45) is 0 Å². The number of rotatable bonds is 6. The zero-order chi connectivity index (χ0) is 19.7. The number of nitrogens with zero attached hydrogens (tertiary/aromatic N) is 1. The first-order valence-electron chi connectivity index (χ1n) is 10.3. The number of hydrogen-bond donors (Lipinski definition) is 1. The van der Waals surface area contributed by atoms with Crippen LogP contribution in [-0.2, 0) is 24.1 Å². The highest BCUT2D eigenvalue weighted by atomic mass is 32.1. The summed E-state index contributed by atoms with van der Waals surface area (Å²) in [6, 6.07) is 10.4. The van der Waals surface area contributed by atoms with Crippen molar-refractivity contribution in [2.75, 3.05) is 0 Å². The summed E-state index contributed by atoms with van der Waals surface area (Å²) >= 11 is 1.86. The van der Waals surface area contributed by atoms with Crippen molar-refractivity contribution in [3.8, 4) is 0 Å². The van der Waals surface area contributed by atoms with Gasteiger partial charge in [0.25, 0.3) is 0 Å². The minimum absolute atomic E-state index is 0.486. The highest BCUT2D eigenvalue weighted by Crippen LogP contribution is 2.42. The lowest BCUT2D eigenvalue weighted by Crippen LogP contribution is -2.16. The second kappa shape index (κ2) is 8.04. The number of carbonyl (C=O) groups is 1. The maximum absolute atomic E-state index is 12.2. The highest BCUT2D eigenvalue weighted by Gasteiger charge is 2.29. The predicted octanol–water partition coefficient (Wildman–Crippen LogP) is 6.04. The minimum Gasteiger partial charge on any atom is -0.481 e. The molecule has 1 aliphatic rings. The van der Waals surface area contributed by atoms with Gasteiger partial charge in [-0.3, -0.25) is 9.78 Å². The molecule has 4 rings (SSSR count). The third kappa shape index (κ3) is 3.46. The molecule has 0 radical (unpaired) electrons. The summed E-state index contributed by atoms with van der Waals surface area (Å²) in [5.74, 6) is -1.22. The van der Waals surface area contributed by atoms with Crippen LogP contribution in [0.15, 0.2) is 30.3 Å². The number of fused-ring (bicyclic) bond motifs is 3. The van der Waals surface area contributed by atoms with Crippen LogP contribution in [0, 0.1) is 6.92 Å². The predicted molar refractivity (Wildman–Crippen MR) is 116 cm³/mol. The first-order chi connectivity index (χ1) is 13.6. The maximum Gasteiger partial charge on any atom is 0.311 e. The number of carboxylic acid groups (broad SMARTS) is 1. The molecule has 1 aromatic carbocycles. The molecule has 2 heterocycles. The number of pyridine rings is 1. The number of hydrogen-bond acceptors (Lipinski definition) is 3. The van der Waals surface area contributed by atoms with E-state index in [0.29, 0.717) is 6.42 Å². The summed E-state index contributed by atoms with van der Waals surface area (Å²) in [6.07, 6.45) is 6.96. The second-order valence-electron chi connectivity index (χ2n) is 7.82. The quantitative estimate of drug-likeness (QED) is 0.555. The molecule has 3 aromatic rings. The van der Waals surface area contributed by atoms with E-state index in [-0.39, 0.29) is 0 Å². The van der Waals surface area contributed by atoms with Crippen molar-refractivity contribution in [1.82, 2.24) is 4.98 Å². The van der Waals surface area contributed by atoms with E-state index in [4.69, 9.17) is 4.98 Å². The van der Waals surface area contributed by atoms with Crippen molar-refractivity contribution < 1.29 is 9.90 Å². The van der Waals surface area contributed by atoms with Gasteiger partial charge in [-0.15, -0.1) is 11.3 Å². The summed E-state index contributed by atoms with van der Waals surface area (Å²) in [7, 11) is 0. The second-order valence-corrected chi connectivity index (χ2v) is 8.93. The molecule has 1 unspecified atom stereocenters. The van der Waals surface area contributed by atoms with E-state index in [1.54, 1.807) is 0 Å². The first-order valence-corrected chi connectivity index (χ1v) is 11.1. The number of aliphatic carboxylic acids is 1. The number of aryl methyl sites for hydroxylation is 3. The van der Waals surface area contributed by atoms with Gasteiger partial charge in [-0.2, -0.15) is 0 Å². The van der Waals surface area contributed by atoms with Gasteiger partial charge < -0.3 is 5.11 Å². The van der Waals surface area contributed by atoms with E-state index in [9.17, 15) is 9.90 Å². The summed E-state index contributed by atoms with van der Waals surface area (Å²) in [6.45, 7) is 4.06. The molecule has 0 saturated heterocycles. The Kier molecular flexibility index (Phi) is 5.49. The largest absolute Gasteiger partial charge is 0.481 e. The Morgan fingerprint density at radius 3 is 2.68 bits per heavy atom. The lowest BCUT2D eigenvalue weighted by Gasteiger charge is -2.20. The summed E-state index contributed by atoms with van der Waals surface area (Å²) in [5, 5.41) is 9.98. The topological polar surface area (TPSA) is 50.2 Å². The fourth-order valence-corrected chi connectivity index (χ4v) is 5.94. The summed E-state index contributed by atoms with van der Waals surface area (Å²) < 4.78 is 1.22. The highest BCUT2D eigenvalue weighted by molar-refractivity contribution is 7.19. The van der Waals surface area contributed by atoms with Crippen molar-refractivity contribution >= 4 is 27.5 Å². The average Bonchev–Trinajstić information content (AvgIpc) is 3.06. The van der Waals surface area contributed by atoms with Crippen molar-refractivity contribution in [3.63, 3.8) is 0 Å². The Morgan fingerprint density at radius 1 is 1.21 bits per heavy atom. The van der Waals surface area contributed by atoms with Crippen LogP contribution in [0.5, 0.6) is 0 Å². The van der Waals surface area contributed by atoms with Gasteiger partial charge >= 0.3 is 5.97 Å². The lowest BCUT2D eigenvalue weighted by atomic mass is 9.86. The van der Waals surface area contributed by atoms with Gasteiger partial charge in [0.1, 0.15) is 0 Å². The third-order valence-electron chi connectivity index (χ3n) is 5.86. The Morgan fingerprint density at radius 2 is 1.96 bits per heavy atom. The Bertz CT molecular complexity index is 1010. The van der Waals surface area contributed by atoms with Gasteiger partial charge in [-0.1, -0.05) is 43.7 Å². The maximum atomic E-state index is 12.2. The van der Waals surface area contributed by atoms with Crippen LogP contribution in [0.25, 0.3) is 10.2 Å². The molecular formula is C24H27NO2S. The fraction of sp³-hybridized carbons (Fsp3) is 0.417. The number of carboxylic acids is 1. The molecule has 2 aromatic heterocycles. The van der Waals surface area contributed by atoms with Crippen LogP contribution < -0.4 is 0 Å². The van der Waals surface area contributed by atoms with Gasteiger partial charge in [0, 0.05) is 10.6 Å². The molecule has 1 N–H and O–H groups in total. The van der Waals surface area contributed by atoms with E-state index in [1.807, 2.05) is 24.3 Å². The standard InChI is InChI=1S/C24H27NO2S/c1-3-9-18(24(26)27)21-15(2)25-22-17-12-7-8-13-20(17)28-23(22)19(21)14-16-10-5-4-6-11-16/h4-6,10-11,18H,3,7-9,12-14H2,1-2H3,(H,26,27). The van der Waals surface area contributed by atoms with E-state index in [0.717, 1.165) is 42.5 Å². The molecule has 0 aliphatic heterocycles. The van der Waals surface area contributed by atoms with Crippen molar-refractivity contribution in [1.29, 1.82) is 0 Å². The monoisotopic (exact) mass is 393 g/mol.